The zero-order valence-electron chi connectivity index (χ0n) is 10.7. The third kappa shape index (κ3) is 1.94. The van der Waals surface area contributed by atoms with Gasteiger partial charge >= 0.3 is 6.01 Å². The SMILES string of the molecule is COc1nc(C(=O)Nc2noc3ncccc23)nn1C. The fraction of sp³-hybridized carbons (Fsp3) is 0.182. The first-order chi connectivity index (χ1) is 9.69. The van der Waals surface area contributed by atoms with E-state index in [9.17, 15) is 4.79 Å². The Hall–Kier alpha value is -2.97. The number of carbonyl (C=O) groups is 1. The summed E-state index contributed by atoms with van der Waals surface area (Å²) in [6, 6.07) is 3.69. The van der Waals surface area contributed by atoms with E-state index in [0.717, 1.165) is 0 Å². The van der Waals surface area contributed by atoms with Crippen molar-refractivity contribution in [2.24, 2.45) is 7.05 Å². The minimum atomic E-state index is -0.511. The van der Waals surface area contributed by atoms with Gasteiger partial charge in [-0.1, -0.05) is 5.16 Å². The van der Waals surface area contributed by atoms with Gasteiger partial charge in [0.2, 0.25) is 5.82 Å². The van der Waals surface area contributed by atoms with Gasteiger partial charge in [0.25, 0.3) is 11.6 Å². The topological polar surface area (TPSA) is 108 Å². The maximum atomic E-state index is 12.0. The van der Waals surface area contributed by atoms with Crippen LogP contribution < -0.4 is 10.1 Å². The number of pyridine rings is 1. The summed E-state index contributed by atoms with van der Waals surface area (Å²) in [6.07, 6.45) is 1.57. The number of ether oxygens (including phenoxy) is 1. The molecular formula is C11H10N6O3. The van der Waals surface area contributed by atoms with Gasteiger partial charge in [0.1, 0.15) is 0 Å². The van der Waals surface area contributed by atoms with Crippen molar-refractivity contribution in [2.75, 3.05) is 12.4 Å². The fourth-order valence-corrected chi connectivity index (χ4v) is 1.68. The Bertz CT molecular complexity index is 777. The second kappa shape index (κ2) is 4.61. The van der Waals surface area contributed by atoms with Gasteiger partial charge in [0, 0.05) is 13.2 Å². The molecule has 1 N–H and O–H groups in total. The van der Waals surface area contributed by atoms with Crippen molar-refractivity contribution in [1.29, 1.82) is 0 Å². The van der Waals surface area contributed by atoms with Crippen LogP contribution in [0.15, 0.2) is 22.9 Å². The van der Waals surface area contributed by atoms with Crippen LogP contribution >= 0.6 is 0 Å². The third-order valence-corrected chi connectivity index (χ3v) is 2.59. The second-order valence-electron chi connectivity index (χ2n) is 3.89. The average Bonchev–Trinajstić information content (AvgIpc) is 3.03. The molecule has 3 rings (SSSR count). The summed E-state index contributed by atoms with van der Waals surface area (Å²) in [5.74, 6) is -0.267. The first-order valence-electron chi connectivity index (χ1n) is 5.66. The second-order valence-corrected chi connectivity index (χ2v) is 3.89. The van der Waals surface area contributed by atoms with Gasteiger partial charge in [-0.2, -0.15) is 4.98 Å². The Morgan fingerprint density at radius 1 is 1.50 bits per heavy atom. The normalized spacial score (nSPS) is 10.7. The molecule has 0 fully saturated rings. The van der Waals surface area contributed by atoms with E-state index >= 15 is 0 Å². The summed E-state index contributed by atoms with van der Waals surface area (Å²) in [5.41, 5.74) is 0.342. The highest BCUT2D eigenvalue weighted by Gasteiger charge is 2.18. The van der Waals surface area contributed by atoms with E-state index in [2.05, 4.69) is 25.5 Å². The Kier molecular flexibility index (Phi) is 2.78. The number of aromatic nitrogens is 5. The number of anilines is 1. The molecule has 0 aliphatic rings. The summed E-state index contributed by atoms with van der Waals surface area (Å²) in [7, 11) is 3.07. The molecular weight excluding hydrogens is 264 g/mol. The Morgan fingerprint density at radius 2 is 2.35 bits per heavy atom. The number of carbonyl (C=O) groups excluding carboxylic acids is 1. The van der Waals surface area contributed by atoms with Crippen LogP contribution in [0.5, 0.6) is 6.01 Å². The standard InChI is InChI=1S/C11H10N6O3/c1-17-11(19-2)14-8(15-17)9(18)13-7-6-4-3-5-12-10(6)20-16-7/h3-5H,1-2H3,(H,13,16,18). The van der Waals surface area contributed by atoms with Crippen molar-refractivity contribution in [2.45, 2.75) is 0 Å². The molecule has 0 bridgehead atoms. The lowest BCUT2D eigenvalue weighted by Crippen LogP contribution is -2.14. The molecule has 0 spiro atoms. The van der Waals surface area contributed by atoms with E-state index in [4.69, 9.17) is 9.26 Å². The molecule has 0 aliphatic heterocycles. The van der Waals surface area contributed by atoms with Crippen LogP contribution in [-0.2, 0) is 7.05 Å². The maximum absolute atomic E-state index is 12.0. The molecule has 0 radical (unpaired) electrons. The third-order valence-electron chi connectivity index (χ3n) is 2.59. The van der Waals surface area contributed by atoms with E-state index in [-0.39, 0.29) is 17.7 Å². The molecule has 3 aromatic heterocycles. The van der Waals surface area contributed by atoms with E-state index in [0.29, 0.717) is 11.1 Å². The molecule has 0 aliphatic carbocycles. The molecule has 3 heterocycles. The summed E-state index contributed by atoms with van der Waals surface area (Å²) in [6.45, 7) is 0. The van der Waals surface area contributed by atoms with Crippen LogP contribution in [0.4, 0.5) is 5.82 Å². The van der Waals surface area contributed by atoms with Gasteiger partial charge in [0.05, 0.1) is 12.5 Å². The molecule has 0 saturated heterocycles. The van der Waals surface area contributed by atoms with E-state index < -0.39 is 5.91 Å². The van der Waals surface area contributed by atoms with Crippen molar-refractivity contribution in [1.82, 2.24) is 24.9 Å². The molecule has 0 saturated carbocycles. The Morgan fingerprint density at radius 3 is 3.10 bits per heavy atom. The van der Waals surface area contributed by atoms with E-state index in [1.807, 2.05) is 0 Å². The first kappa shape index (κ1) is 12.1. The van der Waals surface area contributed by atoms with Crippen LogP contribution in [0, 0.1) is 0 Å². The average molecular weight is 274 g/mol. The number of rotatable bonds is 3. The zero-order valence-corrected chi connectivity index (χ0v) is 10.7. The van der Waals surface area contributed by atoms with Gasteiger partial charge in [0.15, 0.2) is 5.82 Å². The molecule has 1 amide bonds. The molecule has 20 heavy (non-hydrogen) atoms. The zero-order chi connectivity index (χ0) is 14.1. The number of methoxy groups -OCH3 is 1. The highest BCUT2D eigenvalue weighted by Crippen LogP contribution is 2.20. The molecule has 9 nitrogen and oxygen atoms in total. The largest absolute Gasteiger partial charge is 0.467 e. The number of hydrogen-bond acceptors (Lipinski definition) is 7. The van der Waals surface area contributed by atoms with Crippen molar-refractivity contribution in [3.8, 4) is 6.01 Å². The summed E-state index contributed by atoms with van der Waals surface area (Å²) >= 11 is 0. The molecule has 0 atom stereocenters. The van der Waals surface area contributed by atoms with Gasteiger partial charge in [-0.15, -0.1) is 5.10 Å². The number of nitrogens with zero attached hydrogens (tertiary/aromatic N) is 5. The van der Waals surface area contributed by atoms with Gasteiger partial charge in [-0.3, -0.25) is 4.79 Å². The van der Waals surface area contributed by atoms with Crippen LogP contribution in [-0.4, -0.2) is 37.9 Å². The van der Waals surface area contributed by atoms with Crippen molar-refractivity contribution >= 4 is 22.8 Å². The molecule has 9 heteroatoms. The number of amides is 1. The summed E-state index contributed by atoms with van der Waals surface area (Å²) < 4.78 is 11.3. The van der Waals surface area contributed by atoms with Crippen LogP contribution in [0.3, 0.4) is 0 Å². The number of hydrogen-bond donors (Lipinski definition) is 1. The Labute approximate surface area is 112 Å². The van der Waals surface area contributed by atoms with Crippen molar-refractivity contribution in [3.05, 3.63) is 24.2 Å². The monoisotopic (exact) mass is 274 g/mol. The smallest absolute Gasteiger partial charge is 0.314 e. The predicted molar refractivity (Wildman–Crippen MR) is 67.3 cm³/mol. The molecule has 3 aromatic rings. The van der Waals surface area contributed by atoms with Gasteiger partial charge in [-0.05, 0) is 12.1 Å². The van der Waals surface area contributed by atoms with Crippen LogP contribution in [0.25, 0.3) is 11.1 Å². The quantitative estimate of drug-likeness (QED) is 0.745. The minimum absolute atomic E-state index is 0.0237. The highest BCUT2D eigenvalue weighted by atomic mass is 16.5. The van der Waals surface area contributed by atoms with Crippen molar-refractivity contribution in [3.63, 3.8) is 0 Å². The number of nitrogens with one attached hydrogen (secondary N) is 1. The number of fused-ring (bicyclic) bond motifs is 1. The first-order valence-corrected chi connectivity index (χ1v) is 5.66. The molecule has 0 aromatic carbocycles. The lowest BCUT2D eigenvalue weighted by molar-refractivity contribution is 0.101. The van der Waals surface area contributed by atoms with E-state index in [1.54, 1.807) is 25.4 Å². The summed E-state index contributed by atoms with van der Waals surface area (Å²) in [5, 5.41) is 10.9. The number of aryl methyl sites for hydroxylation is 1. The van der Waals surface area contributed by atoms with E-state index in [1.165, 1.54) is 11.8 Å². The lowest BCUT2D eigenvalue weighted by atomic mass is 10.3. The Balaban J connectivity index is 1.88. The van der Waals surface area contributed by atoms with Crippen molar-refractivity contribution < 1.29 is 14.1 Å². The fourth-order valence-electron chi connectivity index (χ4n) is 1.68. The molecule has 0 unspecified atom stereocenters. The molecule has 102 valence electrons. The van der Waals surface area contributed by atoms with Crippen LogP contribution in [0.2, 0.25) is 0 Å². The van der Waals surface area contributed by atoms with Crippen LogP contribution in [0.1, 0.15) is 10.6 Å². The lowest BCUT2D eigenvalue weighted by Gasteiger charge is -1.96. The predicted octanol–water partition coefficient (Wildman–Crippen LogP) is 0.612. The van der Waals surface area contributed by atoms with Gasteiger partial charge < -0.3 is 14.6 Å². The summed E-state index contributed by atoms with van der Waals surface area (Å²) in [4.78, 5) is 19.9. The highest BCUT2D eigenvalue weighted by molar-refractivity contribution is 6.05. The minimum Gasteiger partial charge on any atom is -0.467 e. The maximum Gasteiger partial charge on any atom is 0.314 e. The van der Waals surface area contributed by atoms with Gasteiger partial charge in [-0.25, -0.2) is 9.67 Å².